The van der Waals surface area contributed by atoms with Gasteiger partial charge in [-0.25, -0.2) is 0 Å². The maximum absolute atomic E-state index is 12.0. The minimum Gasteiger partial charge on any atom is -0.497 e. The van der Waals surface area contributed by atoms with Crippen molar-refractivity contribution in [1.82, 2.24) is 4.90 Å². The molecule has 0 unspecified atom stereocenters. The molecule has 0 spiro atoms. The third-order valence-corrected chi connectivity index (χ3v) is 2.81. The number of nitrogens with zero attached hydrogens (tertiary/aromatic N) is 1. The summed E-state index contributed by atoms with van der Waals surface area (Å²) in [4.78, 5) is 13.6. The van der Waals surface area contributed by atoms with Gasteiger partial charge in [0.15, 0.2) is 0 Å². The highest BCUT2D eigenvalue weighted by molar-refractivity contribution is 5.96. The Morgan fingerprint density at radius 1 is 1.50 bits per heavy atom. The summed E-state index contributed by atoms with van der Waals surface area (Å²) in [6.45, 7) is 2.75. The first-order chi connectivity index (χ1) is 7.61. The Kier molecular flexibility index (Phi) is 2.83. The van der Waals surface area contributed by atoms with Crippen LogP contribution in [-0.2, 0) is 0 Å². The molecule has 16 heavy (non-hydrogen) atoms. The molecule has 0 aliphatic carbocycles. The number of benzene rings is 1. The minimum absolute atomic E-state index is 0.0227. The van der Waals surface area contributed by atoms with E-state index in [1.807, 2.05) is 13.0 Å². The number of carbonyl (C=O) groups is 1. The summed E-state index contributed by atoms with van der Waals surface area (Å²) < 4.78 is 5.08. The molecule has 1 saturated heterocycles. The summed E-state index contributed by atoms with van der Waals surface area (Å²) >= 11 is 0. The predicted octanol–water partition coefficient (Wildman–Crippen LogP) is 0.820. The number of amides is 1. The molecule has 0 radical (unpaired) electrons. The highest BCUT2D eigenvalue weighted by Gasteiger charge is 2.30. The summed E-state index contributed by atoms with van der Waals surface area (Å²) in [5.74, 6) is 0.725. The Hall–Kier alpha value is -1.55. The Morgan fingerprint density at radius 2 is 2.19 bits per heavy atom. The molecule has 0 bridgehead atoms. The fraction of sp³-hybridized carbons (Fsp3) is 0.417. The van der Waals surface area contributed by atoms with Crippen LogP contribution in [-0.4, -0.2) is 42.2 Å². The van der Waals surface area contributed by atoms with Gasteiger partial charge in [-0.3, -0.25) is 4.79 Å². The van der Waals surface area contributed by atoms with Gasteiger partial charge in [-0.2, -0.15) is 0 Å². The van der Waals surface area contributed by atoms with Crippen molar-refractivity contribution in [3.05, 3.63) is 29.3 Å². The molecule has 1 heterocycles. The van der Waals surface area contributed by atoms with Crippen LogP contribution >= 0.6 is 0 Å². The van der Waals surface area contributed by atoms with Gasteiger partial charge in [-0.15, -0.1) is 0 Å². The van der Waals surface area contributed by atoms with E-state index in [0.29, 0.717) is 18.7 Å². The first-order valence-electron chi connectivity index (χ1n) is 5.24. The van der Waals surface area contributed by atoms with Crippen LogP contribution in [0.5, 0.6) is 5.75 Å². The largest absolute Gasteiger partial charge is 0.497 e. The fourth-order valence-corrected chi connectivity index (χ4v) is 1.79. The SMILES string of the molecule is COc1ccc(C(=O)N2CC(O)C2)c(C)c1. The molecule has 2 rings (SSSR count). The first-order valence-corrected chi connectivity index (χ1v) is 5.24. The molecule has 1 aromatic carbocycles. The maximum atomic E-state index is 12.0. The third-order valence-electron chi connectivity index (χ3n) is 2.81. The van der Waals surface area contributed by atoms with Crippen LogP contribution in [0.3, 0.4) is 0 Å². The van der Waals surface area contributed by atoms with Crippen molar-refractivity contribution < 1.29 is 14.6 Å². The average molecular weight is 221 g/mol. The van der Waals surface area contributed by atoms with Crippen LogP contribution in [0.1, 0.15) is 15.9 Å². The monoisotopic (exact) mass is 221 g/mol. The number of hydrogen-bond acceptors (Lipinski definition) is 3. The molecule has 1 aromatic rings. The van der Waals surface area contributed by atoms with Crippen molar-refractivity contribution in [2.24, 2.45) is 0 Å². The van der Waals surface area contributed by atoms with Crippen molar-refractivity contribution in [2.45, 2.75) is 13.0 Å². The lowest BCUT2D eigenvalue weighted by atomic mass is 10.0. The molecule has 1 N–H and O–H groups in total. The normalized spacial score (nSPS) is 15.8. The predicted molar refractivity (Wildman–Crippen MR) is 59.6 cm³/mol. The van der Waals surface area contributed by atoms with Gasteiger partial charge in [-0.1, -0.05) is 0 Å². The van der Waals surface area contributed by atoms with Crippen molar-refractivity contribution in [2.75, 3.05) is 20.2 Å². The Morgan fingerprint density at radius 3 is 2.69 bits per heavy atom. The van der Waals surface area contributed by atoms with Crippen LogP contribution in [0.25, 0.3) is 0 Å². The van der Waals surface area contributed by atoms with Gasteiger partial charge in [0.05, 0.1) is 13.2 Å². The van der Waals surface area contributed by atoms with Crippen molar-refractivity contribution in [1.29, 1.82) is 0 Å². The minimum atomic E-state index is -0.359. The van der Waals surface area contributed by atoms with Gasteiger partial charge in [0, 0.05) is 18.7 Å². The van der Waals surface area contributed by atoms with Crippen LogP contribution < -0.4 is 4.74 Å². The molecule has 0 saturated carbocycles. The lowest BCUT2D eigenvalue weighted by Crippen LogP contribution is -2.53. The van der Waals surface area contributed by atoms with Gasteiger partial charge >= 0.3 is 0 Å². The van der Waals surface area contributed by atoms with Crippen molar-refractivity contribution >= 4 is 5.91 Å². The van der Waals surface area contributed by atoms with Crippen LogP contribution in [0.2, 0.25) is 0 Å². The average Bonchev–Trinajstić information content (AvgIpc) is 2.23. The van der Waals surface area contributed by atoms with E-state index >= 15 is 0 Å². The van der Waals surface area contributed by atoms with Crippen molar-refractivity contribution in [3.63, 3.8) is 0 Å². The highest BCUT2D eigenvalue weighted by Crippen LogP contribution is 2.20. The second-order valence-corrected chi connectivity index (χ2v) is 4.04. The topological polar surface area (TPSA) is 49.8 Å². The molecular formula is C12H15NO3. The van der Waals surface area contributed by atoms with E-state index in [0.717, 1.165) is 11.3 Å². The number of β-amino-alcohol motifs (C(OH)–C–C–N with tert-alkyl or cyclic N) is 1. The number of rotatable bonds is 2. The summed E-state index contributed by atoms with van der Waals surface area (Å²) in [5.41, 5.74) is 1.57. The summed E-state index contributed by atoms with van der Waals surface area (Å²) in [6.07, 6.45) is -0.359. The number of likely N-dealkylation sites (tertiary alicyclic amines) is 1. The van der Waals surface area contributed by atoms with Crippen LogP contribution in [0.4, 0.5) is 0 Å². The summed E-state index contributed by atoms with van der Waals surface area (Å²) in [5, 5.41) is 9.15. The first kappa shape index (κ1) is 11.0. The van der Waals surface area contributed by atoms with E-state index in [1.54, 1.807) is 24.1 Å². The number of hydrogen-bond donors (Lipinski definition) is 1. The second-order valence-electron chi connectivity index (χ2n) is 4.04. The zero-order valence-electron chi connectivity index (χ0n) is 9.43. The van der Waals surface area contributed by atoms with E-state index in [1.165, 1.54) is 0 Å². The number of ether oxygens (including phenoxy) is 1. The Balaban J connectivity index is 2.17. The molecule has 1 aliphatic rings. The molecule has 4 heteroatoms. The van der Waals surface area contributed by atoms with Gasteiger partial charge in [-0.05, 0) is 30.7 Å². The zero-order valence-corrected chi connectivity index (χ0v) is 9.43. The number of aliphatic hydroxyl groups excluding tert-OH is 1. The smallest absolute Gasteiger partial charge is 0.254 e. The Labute approximate surface area is 94.4 Å². The van der Waals surface area contributed by atoms with Gasteiger partial charge in [0.2, 0.25) is 0 Å². The van der Waals surface area contributed by atoms with Gasteiger partial charge in [0.25, 0.3) is 5.91 Å². The third kappa shape index (κ3) is 1.88. The number of aryl methyl sites for hydroxylation is 1. The molecule has 0 atom stereocenters. The van der Waals surface area contributed by atoms with Crippen LogP contribution in [0, 0.1) is 6.92 Å². The fourth-order valence-electron chi connectivity index (χ4n) is 1.79. The lowest BCUT2D eigenvalue weighted by molar-refractivity contribution is 0.00584. The molecule has 0 aromatic heterocycles. The Bertz CT molecular complexity index is 411. The lowest BCUT2D eigenvalue weighted by Gasteiger charge is -2.36. The molecule has 1 fully saturated rings. The van der Waals surface area contributed by atoms with E-state index in [9.17, 15) is 4.79 Å². The van der Waals surface area contributed by atoms with Gasteiger partial charge < -0.3 is 14.7 Å². The number of carbonyl (C=O) groups excluding carboxylic acids is 1. The molecular weight excluding hydrogens is 206 g/mol. The molecule has 1 aliphatic heterocycles. The van der Waals surface area contributed by atoms with Gasteiger partial charge in [0.1, 0.15) is 5.75 Å². The molecule has 86 valence electrons. The molecule has 1 amide bonds. The van der Waals surface area contributed by atoms with E-state index in [2.05, 4.69) is 0 Å². The van der Waals surface area contributed by atoms with E-state index in [-0.39, 0.29) is 12.0 Å². The maximum Gasteiger partial charge on any atom is 0.254 e. The van der Waals surface area contributed by atoms with E-state index < -0.39 is 0 Å². The number of aliphatic hydroxyl groups is 1. The van der Waals surface area contributed by atoms with E-state index in [4.69, 9.17) is 9.84 Å². The number of methoxy groups -OCH3 is 1. The summed E-state index contributed by atoms with van der Waals surface area (Å²) in [7, 11) is 1.60. The highest BCUT2D eigenvalue weighted by atomic mass is 16.5. The molecule has 4 nitrogen and oxygen atoms in total. The standard InChI is InChI=1S/C12H15NO3/c1-8-5-10(16-2)3-4-11(8)12(15)13-6-9(14)7-13/h3-5,9,14H,6-7H2,1-2H3. The quantitative estimate of drug-likeness (QED) is 0.804. The van der Waals surface area contributed by atoms with Crippen LogP contribution in [0.15, 0.2) is 18.2 Å². The zero-order chi connectivity index (χ0) is 11.7. The van der Waals surface area contributed by atoms with Crippen molar-refractivity contribution in [3.8, 4) is 5.75 Å². The second kappa shape index (κ2) is 4.14. The summed E-state index contributed by atoms with van der Waals surface area (Å²) in [6, 6.07) is 5.38.